The number of rotatable bonds is 4. The Kier molecular flexibility index (Phi) is 3.93. The molecular weight excluding hydrogens is 300 g/mol. The van der Waals surface area contributed by atoms with Crippen molar-refractivity contribution in [3.8, 4) is 5.75 Å². The molecule has 0 aliphatic carbocycles. The number of hydrogen-bond acceptors (Lipinski definition) is 4. The lowest BCUT2D eigenvalue weighted by Crippen LogP contribution is -2.16. The molecule has 0 bridgehead atoms. The van der Waals surface area contributed by atoms with Crippen LogP contribution >= 0.6 is 11.3 Å². The summed E-state index contributed by atoms with van der Waals surface area (Å²) >= 11 is 1.43. The van der Waals surface area contributed by atoms with Gasteiger partial charge in [0.15, 0.2) is 10.6 Å². The van der Waals surface area contributed by atoms with Crippen molar-refractivity contribution in [2.24, 2.45) is 4.99 Å². The Labute approximate surface area is 130 Å². The molecule has 2 heterocycles. The Morgan fingerprint density at radius 2 is 2.36 bits per heavy atom. The van der Waals surface area contributed by atoms with E-state index in [9.17, 15) is 4.79 Å². The normalized spacial score (nSPS) is 11.8. The lowest BCUT2D eigenvalue weighted by atomic mass is 10.3. The van der Waals surface area contributed by atoms with Crippen molar-refractivity contribution in [1.29, 1.82) is 0 Å². The molecule has 3 aromatic rings. The van der Waals surface area contributed by atoms with Gasteiger partial charge < -0.3 is 13.7 Å². The van der Waals surface area contributed by atoms with Crippen LogP contribution in [-0.4, -0.2) is 17.6 Å². The molecule has 3 rings (SSSR count). The first-order valence-electron chi connectivity index (χ1n) is 6.64. The average Bonchev–Trinajstić information content (AvgIpc) is 3.16. The summed E-state index contributed by atoms with van der Waals surface area (Å²) in [5.74, 6) is 0.588. The average molecular weight is 314 g/mol. The summed E-state index contributed by atoms with van der Waals surface area (Å²) in [7, 11) is 1.62. The SMILES string of the molecule is C=CCn1c(=NC(=O)c2ccco2)sc2cc(OC)ccc21. The maximum absolute atomic E-state index is 12.1. The lowest BCUT2D eigenvalue weighted by Gasteiger charge is -2.02. The summed E-state index contributed by atoms with van der Waals surface area (Å²) in [5, 5.41) is 0. The minimum absolute atomic E-state index is 0.222. The van der Waals surface area contributed by atoms with Crippen LogP contribution in [0.25, 0.3) is 10.2 Å². The van der Waals surface area contributed by atoms with Crippen molar-refractivity contribution in [2.45, 2.75) is 6.54 Å². The van der Waals surface area contributed by atoms with E-state index in [0.29, 0.717) is 11.3 Å². The molecule has 0 N–H and O–H groups in total. The molecule has 22 heavy (non-hydrogen) atoms. The number of furan rings is 1. The maximum atomic E-state index is 12.1. The Bertz CT molecular complexity index is 888. The topological polar surface area (TPSA) is 56.7 Å². The third-order valence-electron chi connectivity index (χ3n) is 3.13. The molecule has 0 fully saturated rings. The highest BCUT2D eigenvalue weighted by atomic mass is 32.1. The molecular formula is C16H14N2O3S. The van der Waals surface area contributed by atoms with E-state index in [2.05, 4.69) is 11.6 Å². The van der Waals surface area contributed by atoms with E-state index >= 15 is 0 Å². The number of nitrogens with zero attached hydrogens (tertiary/aromatic N) is 2. The van der Waals surface area contributed by atoms with E-state index in [0.717, 1.165) is 16.0 Å². The van der Waals surface area contributed by atoms with E-state index < -0.39 is 5.91 Å². The molecule has 1 amide bonds. The van der Waals surface area contributed by atoms with Crippen LogP contribution in [-0.2, 0) is 6.54 Å². The zero-order valence-corrected chi connectivity index (χ0v) is 12.8. The fourth-order valence-electron chi connectivity index (χ4n) is 2.11. The monoisotopic (exact) mass is 314 g/mol. The second-order valence-electron chi connectivity index (χ2n) is 4.51. The number of carbonyl (C=O) groups is 1. The van der Waals surface area contributed by atoms with Crippen LogP contribution in [0.3, 0.4) is 0 Å². The van der Waals surface area contributed by atoms with Crippen molar-refractivity contribution in [3.63, 3.8) is 0 Å². The van der Waals surface area contributed by atoms with E-state index in [-0.39, 0.29) is 5.76 Å². The van der Waals surface area contributed by atoms with Gasteiger partial charge in [0, 0.05) is 6.54 Å². The Hall–Kier alpha value is -2.60. The Morgan fingerprint density at radius 1 is 1.50 bits per heavy atom. The van der Waals surface area contributed by atoms with Crippen molar-refractivity contribution in [2.75, 3.05) is 7.11 Å². The molecule has 0 unspecified atom stereocenters. The Morgan fingerprint density at radius 3 is 3.05 bits per heavy atom. The van der Waals surface area contributed by atoms with E-state index in [1.807, 2.05) is 22.8 Å². The van der Waals surface area contributed by atoms with E-state index in [4.69, 9.17) is 9.15 Å². The predicted octanol–water partition coefficient (Wildman–Crippen LogP) is 3.23. The second kappa shape index (κ2) is 6.03. The molecule has 2 aromatic heterocycles. The van der Waals surface area contributed by atoms with Gasteiger partial charge in [0.1, 0.15) is 5.75 Å². The Balaban J connectivity index is 2.17. The van der Waals surface area contributed by atoms with Gasteiger partial charge in [-0.05, 0) is 30.3 Å². The zero-order chi connectivity index (χ0) is 15.5. The molecule has 0 saturated heterocycles. The van der Waals surface area contributed by atoms with Gasteiger partial charge in [-0.2, -0.15) is 4.99 Å². The highest BCUT2D eigenvalue weighted by Gasteiger charge is 2.10. The van der Waals surface area contributed by atoms with Gasteiger partial charge in [-0.3, -0.25) is 4.79 Å². The molecule has 0 radical (unpaired) electrons. The number of fused-ring (bicyclic) bond motifs is 1. The lowest BCUT2D eigenvalue weighted by molar-refractivity contribution is 0.0971. The number of aromatic nitrogens is 1. The molecule has 0 atom stereocenters. The van der Waals surface area contributed by atoms with Gasteiger partial charge >= 0.3 is 5.91 Å². The van der Waals surface area contributed by atoms with Crippen LogP contribution < -0.4 is 9.54 Å². The van der Waals surface area contributed by atoms with E-state index in [1.54, 1.807) is 25.3 Å². The first-order valence-corrected chi connectivity index (χ1v) is 7.45. The van der Waals surface area contributed by atoms with Gasteiger partial charge in [0.2, 0.25) is 0 Å². The van der Waals surface area contributed by atoms with Gasteiger partial charge in [-0.25, -0.2) is 0 Å². The number of thiazole rings is 1. The van der Waals surface area contributed by atoms with E-state index in [1.165, 1.54) is 17.6 Å². The van der Waals surface area contributed by atoms with Crippen molar-refractivity contribution in [1.82, 2.24) is 4.57 Å². The predicted molar refractivity (Wildman–Crippen MR) is 85.2 cm³/mol. The summed E-state index contributed by atoms with van der Waals surface area (Å²) in [6, 6.07) is 9.02. The molecule has 0 aliphatic rings. The molecule has 5 nitrogen and oxygen atoms in total. The fourth-order valence-corrected chi connectivity index (χ4v) is 3.18. The largest absolute Gasteiger partial charge is 0.497 e. The van der Waals surface area contributed by atoms with Crippen LogP contribution in [0.4, 0.5) is 0 Å². The highest BCUT2D eigenvalue weighted by molar-refractivity contribution is 7.16. The van der Waals surface area contributed by atoms with Gasteiger partial charge in [-0.15, -0.1) is 6.58 Å². The van der Waals surface area contributed by atoms with Gasteiger partial charge in [0.25, 0.3) is 0 Å². The first kappa shape index (κ1) is 14.3. The quantitative estimate of drug-likeness (QED) is 0.695. The van der Waals surface area contributed by atoms with Crippen molar-refractivity contribution in [3.05, 3.63) is 59.8 Å². The smallest absolute Gasteiger partial charge is 0.315 e. The third kappa shape index (κ3) is 2.60. The third-order valence-corrected chi connectivity index (χ3v) is 4.17. The number of methoxy groups -OCH3 is 1. The van der Waals surface area contributed by atoms with Crippen LogP contribution in [0, 0.1) is 0 Å². The summed E-state index contributed by atoms with van der Waals surface area (Å²) in [6.07, 6.45) is 3.23. The minimum atomic E-state index is -0.402. The number of carbonyl (C=O) groups excluding carboxylic acids is 1. The fraction of sp³-hybridized carbons (Fsp3) is 0.125. The van der Waals surface area contributed by atoms with Crippen LogP contribution in [0.1, 0.15) is 10.6 Å². The van der Waals surface area contributed by atoms with Gasteiger partial charge in [-0.1, -0.05) is 17.4 Å². The number of hydrogen-bond donors (Lipinski definition) is 0. The molecule has 6 heteroatoms. The van der Waals surface area contributed by atoms with Crippen LogP contribution in [0.2, 0.25) is 0 Å². The number of allylic oxidation sites excluding steroid dienone is 1. The standard InChI is InChI=1S/C16H14N2O3S/c1-3-8-18-12-7-6-11(20-2)10-14(12)22-16(18)17-15(19)13-5-4-9-21-13/h3-7,9-10H,1,8H2,2H3. The second-order valence-corrected chi connectivity index (χ2v) is 5.52. The highest BCUT2D eigenvalue weighted by Crippen LogP contribution is 2.23. The summed E-state index contributed by atoms with van der Waals surface area (Å²) in [4.78, 5) is 16.9. The summed E-state index contributed by atoms with van der Waals surface area (Å²) in [6.45, 7) is 4.33. The molecule has 112 valence electrons. The molecule has 0 aliphatic heterocycles. The number of amides is 1. The van der Waals surface area contributed by atoms with Crippen molar-refractivity contribution < 1.29 is 13.9 Å². The van der Waals surface area contributed by atoms with Crippen LogP contribution in [0.15, 0.2) is 58.7 Å². The maximum Gasteiger partial charge on any atom is 0.315 e. The first-order chi connectivity index (χ1) is 10.7. The zero-order valence-electron chi connectivity index (χ0n) is 12.0. The molecule has 1 aromatic carbocycles. The van der Waals surface area contributed by atoms with Crippen LogP contribution in [0.5, 0.6) is 5.75 Å². The van der Waals surface area contributed by atoms with Gasteiger partial charge in [0.05, 0.1) is 23.6 Å². The molecule has 0 spiro atoms. The number of benzene rings is 1. The summed E-state index contributed by atoms with van der Waals surface area (Å²) < 4.78 is 13.3. The van der Waals surface area contributed by atoms with Crippen molar-refractivity contribution >= 4 is 27.5 Å². The molecule has 0 saturated carbocycles. The minimum Gasteiger partial charge on any atom is -0.497 e. The number of ether oxygens (including phenoxy) is 1. The summed E-state index contributed by atoms with van der Waals surface area (Å²) in [5.41, 5.74) is 0.983.